The van der Waals surface area contributed by atoms with Crippen LogP contribution < -0.4 is 4.90 Å². The number of nitrogens with zero attached hydrogens (tertiary/aromatic N) is 2. The van der Waals surface area contributed by atoms with Crippen LogP contribution in [0, 0.1) is 17.0 Å². The minimum Gasteiger partial charge on any atom is -0.457 e. The van der Waals surface area contributed by atoms with E-state index in [1.54, 1.807) is 6.07 Å². The fourth-order valence-corrected chi connectivity index (χ4v) is 2.91. The van der Waals surface area contributed by atoms with E-state index in [0.29, 0.717) is 32.0 Å². The molecule has 0 saturated carbocycles. The molecule has 0 amide bonds. The lowest BCUT2D eigenvalue weighted by atomic mass is 10.1. The summed E-state index contributed by atoms with van der Waals surface area (Å²) in [6.07, 6.45) is 0. The third-order valence-corrected chi connectivity index (χ3v) is 4.22. The molecule has 7 nitrogen and oxygen atoms in total. The van der Waals surface area contributed by atoms with E-state index in [-0.39, 0.29) is 17.9 Å². The number of aryl methyl sites for hydroxylation is 1. The molecule has 0 radical (unpaired) electrons. The lowest BCUT2D eigenvalue weighted by Gasteiger charge is -2.30. The Morgan fingerprint density at radius 1 is 1.23 bits per heavy atom. The summed E-state index contributed by atoms with van der Waals surface area (Å²) in [7, 11) is 0. The summed E-state index contributed by atoms with van der Waals surface area (Å²) >= 11 is 0. The van der Waals surface area contributed by atoms with Crippen LogP contribution in [-0.2, 0) is 16.1 Å². The Morgan fingerprint density at radius 3 is 2.69 bits per heavy atom. The highest BCUT2D eigenvalue weighted by Gasteiger charge is 2.23. The molecule has 0 N–H and O–H groups in total. The van der Waals surface area contributed by atoms with Crippen LogP contribution in [0.25, 0.3) is 0 Å². The third-order valence-electron chi connectivity index (χ3n) is 4.22. The van der Waals surface area contributed by atoms with Crippen LogP contribution in [0.1, 0.15) is 21.5 Å². The van der Waals surface area contributed by atoms with Crippen molar-refractivity contribution in [2.45, 2.75) is 13.5 Å². The number of nitro benzene ring substituents is 1. The van der Waals surface area contributed by atoms with Crippen molar-refractivity contribution in [3.63, 3.8) is 0 Å². The molecule has 7 heteroatoms. The molecule has 0 spiro atoms. The van der Waals surface area contributed by atoms with Gasteiger partial charge in [-0.2, -0.15) is 0 Å². The third kappa shape index (κ3) is 4.18. The van der Waals surface area contributed by atoms with Crippen LogP contribution in [0.4, 0.5) is 11.4 Å². The number of nitro groups is 1. The van der Waals surface area contributed by atoms with Crippen molar-refractivity contribution < 1.29 is 19.2 Å². The maximum Gasteiger partial charge on any atom is 0.340 e. The van der Waals surface area contributed by atoms with E-state index in [1.807, 2.05) is 36.1 Å². The van der Waals surface area contributed by atoms with E-state index in [2.05, 4.69) is 0 Å². The number of non-ortho nitro benzene ring substituents is 1. The van der Waals surface area contributed by atoms with Crippen molar-refractivity contribution in [1.29, 1.82) is 0 Å². The van der Waals surface area contributed by atoms with Gasteiger partial charge in [-0.25, -0.2) is 4.79 Å². The number of carbonyl (C=O) groups excluding carboxylic acids is 1. The van der Waals surface area contributed by atoms with Gasteiger partial charge < -0.3 is 14.4 Å². The molecule has 2 aromatic carbocycles. The Labute approximate surface area is 151 Å². The van der Waals surface area contributed by atoms with Gasteiger partial charge in [0.25, 0.3) is 5.69 Å². The van der Waals surface area contributed by atoms with E-state index in [0.717, 1.165) is 11.1 Å². The molecule has 26 heavy (non-hydrogen) atoms. The largest absolute Gasteiger partial charge is 0.457 e. The first kappa shape index (κ1) is 17.9. The van der Waals surface area contributed by atoms with Crippen molar-refractivity contribution >= 4 is 17.3 Å². The first-order valence-corrected chi connectivity index (χ1v) is 8.38. The van der Waals surface area contributed by atoms with E-state index in [1.165, 1.54) is 12.1 Å². The number of anilines is 1. The first-order chi connectivity index (χ1) is 12.5. The van der Waals surface area contributed by atoms with Crippen molar-refractivity contribution in [2.24, 2.45) is 0 Å². The fraction of sp³-hybridized carbons (Fsp3) is 0.316. The van der Waals surface area contributed by atoms with E-state index < -0.39 is 10.9 Å². The van der Waals surface area contributed by atoms with Gasteiger partial charge in [-0.05, 0) is 18.6 Å². The Hall–Kier alpha value is -2.93. The smallest absolute Gasteiger partial charge is 0.340 e. The fourth-order valence-electron chi connectivity index (χ4n) is 2.91. The molecule has 1 heterocycles. The maximum atomic E-state index is 12.6. The molecule has 1 saturated heterocycles. The van der Waals surface area contributed by atoms with Crippen LogP contribution in [0.3, 0.4) is 0 Å². The maximum absolute atomic E-state index is 12.6. The zero-order valence-electron chi connectivity index (χ0n) is 14.5. The highest BCUT2D eigenvalue weighted by atomic mass is 16.6. The summed E-state index contributed by atoms with van der Waals surface area (Å²) in [5.41, 5.74) is 2.64. The zero-order chi connectivity index (χ0) is 18.5. The summed E-state index contributed by atoms with van der Waals surface area (Å²) in [5.74, 6) is -0.573. The minimum atomic E-state index is -0.573. The summed E-state index contributed by atoms with van der Waals surface area (Å²) in [6.45, 7) is 4.42. The second kappa shape index (κ2) is 7.97. The highest BCUT2D eigenvalue weighted by molar-refractivity contribution is 5.96. The van der Waals surface area contributed by atoms with Crippen molar-refractivity contribution in [3.8, 4) is 0 Å². The average molecular weight is 356 g/mol. The topological polar surface area (TPSA) is 81.9 Å². The van der Waals surface area contributed by atoms with Crippen molar-refractivity contribution in [3.05, 3.63) is 69.3 Å². The Morgan fingerprint density at radius 2 is 2.00 bits per heavy atom. The van der Waals surface area contributed by atoms with Crippen LogP contribution >= 0.6 is 0 Å². The quantitative estimate of drug-likeness (QED) is 0.465. The molecule has 0 bridgehead atoms. The zero-order valence-corrected chi connectivity index (χ0v) is 14.5. The summed E-state index contributed by atoms with van der Waals surface area (Å²) in [6, 6.07) is 12.0. The van der Waals surface area contributed by atoms with Gasteiger partial charge in [0.1, 0.15) is 6.61 Å². The van der Waals surface area contributed by atoms with E-state index in [9.17, 15) is 14.9 Å². The molecule has 1 fully saturated rings. The van der Waals surface area contributed by atoms with Crippen LogP contribution in [0.15, 0.2) is 42.5 Å². The van der Waals surface area contributed by atoms with E-state index >= 15 is 0 Å². The molecule has 0 aliphatic carbocycles. The Kier molecular flexibility index (Phi) is 5.48. The molecule has 0 unspecified atom stereocenters. The van der Waals surface area contributed by atoms with Crippen LogP contribution in [-0.4, -0.2) is 37.2 Å². The van der Waals surface area contributed by atoms with Gasteiger partial charge in [0, 0.05) is 25.2 Å². The number of hydrogen-bond donors (Lipinski definition) is 0. The lowest BCUT2D eigenvalue weighted by Crippen LogP contribution is -2.37. The van der Waals surface area contributed by atoms with Gasteiger partial charge in [0.2, 0.25) is 0 Å². The Balaban J connectivity index is 1.83. The number of esters is 1. The number of carbonyl (C=O) groups is 1. The summed E-state index contributed by atoms with van der Waals surface area (Å²) in [5, 5.41) is 11.1. The predicted molar refractivity (Wildman–Crippen MR) is 96.4 cm³/mol. The monoisotopic (exact) mass is 356 g/mol. The van der Waals surface area contributed by atoms with Crippen molar-refractivity contribution in [2.75, 3.05) is 31.2 Å². The molecule has 0 aromatic heterocycles. The van der Waals surface area contributed by atoms with Gasteiger partial charge in [0.05, 0.1) is 29.4 Å². The second-order valence-corrected chi connectivity index (χ2v) is 6.12. The minimum absolute atomic E-state index is 0.117. The number of morpholine rings is 1. The average Bonchev–Trinajstić information content (AvgIpc) is 2.66. The lowest BCUT2D eigenvalue weighted by molar-refractivity contribution is -0.384. The summed E-state index contributed by atoms with van der Waals surface area (Å²) in [4.78, 5) is 25.2. The van der Waals surface area contributed by atoms with Gasteiger partial charge in [-0.15, -0.1) is 0 Å². The molecule has 136 valence electrons. The molecular formula is C19H20N2O5. The SMILES string of the molecule is Cc1cccc(COC(=O)c2cc([N+](=O)[O-])ccc2N2CCOCC2)c1. The van der Waals surface area contributed by atoms with Gasteiger partial charge in [-0.1, -0.05) is 29.8 Å². The van der Waals surface area contributed by atoms with Gasteiger partial charge in [0.15, 0.2) is 0 Å². The molecular weight excluding hydrogens is 336 g/mol. The number of hydrogen-bond acceptors (Lipinski definition) is 6. The summed E-state index contributed by atoms with van der Waals surface area (Å²) < 4.78 is 10.7. The Bertz CT molecular complexity index is 815. The standard InChI is InChI=1S/C19H20N2O5/c1-14-3-2-4-15(11-14)13-26-19(22)17-12-16(21(23)24)5-6-18(17)20-7-9-25-10-8-20/h2-6,11-12H,7-10,13H2,1H3. The number of benzene rings is 2. The van der Waals surface area contributed by atoms with Crippen LogP contribution in [0.5, 0.6) is 0 Å². The number of rotatable bonds is 5. The second-order valence-electron chi connectivity index (χ2n) is 6.12. The molecule has 2 aromatic rings. The first-order valence-electron chi connectivity index (χ1n) is 8.38. The molecule has 3 rings (SSSR count). The van der Waals surface area contributed by atoms with Crippen molar-refractivity contribution in [1.82, 2.24) is 0 Å². The normalized spacial score (nSPS) is 14.1. The van der Waals surface area contributed by atoms with E-state index in [4.69, 9.17) is 9.47 Å². The number of ether oxygens (including phenoxy) is 2. The highest BCUT2D eigenvalue weighted by Crippen LogP contribution is 2.27. The molecule has 1 aliphatic heterocycles. The molecule has 1 aliphatic rings. The molecule has 0 atom stereocenters. The van der Waals surface area contributed by atoms with Gasteiger partial charge >= 0.3 is 5.97 Å². The van der Waals surface area contributed by atoms with Crippen LogP contribution in [0.2, 0.25) is 0 Å². The predicted octanol–water partition coefficient (Wildman–Crippen LogP) is 3.10. The van der Waals surface area contributed by atoms with Gasteiger partial charge in [-0.3, -0.25) is 10.1 Å².